The number of hydrogen-bond acceptors (Lipinski definition) is 8. The maximum atomic E-state index is 12.5. The van der Waals surface area contributed by atoms with Crippen LogP contribution in [0.5, 0.6) is 0 Å². The number of fused-ring (bicyclic) bond motifs is 2. The van der Waals surface area contributed by atoms with Crippen molar-refractivity contribution in [1.82, 2.24) is 24.5 Å². The molecule has 2 aromatic carbocycles. The third-order valence-corrected chi connectivity index (χ3v) is 8.98. The van der Waals surface area contributed by atoms with E-state index in [9.17, 15) is 4.79 Å². The second kappa shape index (κ2) is 15.0. The van der Waals surface area contributed by atoms with Crippen LogP contribution < -0.4 is 16.0 Å². The van der Waals surface area contributed by atoms with Gasteiger partial charge in [-0.25, -0.2) is 4.98 Å². The average Bonchev–Trinajstić information content (AvgIpc) is 3.52. The van der Waals surface area contributed by atoms with Gasteiger partial charge in [-0.05, 0) is 74.8 Å². The van der Waals surface area contributed by atoms with Gasteiger partial charge in [0.25, 0.3) is 0 Å². The smallest absolute Gasteiger partial charge is 0.248 e. The predicted octanol–water partition coefficient (Wildman–Crippen LogP) is 7.11. The van der Waals surface area contributed by atoms with Crippen molar-refractivity contribution in [3.63, 3.8) is 0 Å². The number of benzene rings is 2. The number of pyridine rings is 1. The molecule has 3 N–H and O–H groups in total. The summed E-state index contributed by atoms with van der Waals surface area (Å²) in [5.41, 5.74) is 5.76. The number of carbonyl (C=O) groups excluding carboxylic acids is 1. The highest BCUT2D eigenvalue weighted by Crippen LogP contribution is 2.32. The molecule has 5 aromatic rings. The van der Waals surface area contributed by atoms with Crippen molar-refractivity contribution in [2.45, 2.75) is 64.1 Å². The van der Waals surface area contributed by atoms with E-state index < -0.39 is 0 Å². The first-order valence-electron chi connectivity index (χ1n) is 16.8. The molecule has 1 saturated carbocycles. The Bertz CT molecular complexity index is 1910. The van der Waals surface area contributed by atoms with Crippen LogP contribution in [0.4, 0.5) is 17.3 Å². The highest BCUT2D eigenvalue weighted by Gasteiger charge is 2.22. The van der Waals surface area contributed by atoms with Crippen molar-refractivity contribution in [3.8, 4) is 11.3 Å². The summed E-state index contributed by atoms with van der Waals surface area (Å²) in [6, 6.07) is 18.7. The fourth-order valence-electron chi connectivity index (χ4n) is 6.36. The summed E-state index contributed by atoms with van der Waals surface area (Å²) in [4.78, 5) is 24.3. The first-order chi connectivity index (χ1) is 23.3. The Labute approximate surface area is 282 Å². The Kier molecular flexibility index (Phi) is 10.3. The Balaban J connectivity index is 1.25. The normalized spacial score (nSPS) is 16.7. The fraction of sp³-hybridized carbons (Fsp3) is 0.368. The molecular weight excluding hydrogens is 600 g/mol. The number of hydrogen-bond donors (Lipinski definition) is 3. The van der Waals surface area contributed by atoms with Gasteiger partial charge in [0.15, 0.2) is 5.65 Å². The Morgan fingerprint density at radius 1 is 1.08 bits per heavy atom. The number of likely N-dealkylation sites (N-methyl/N-ethyl adjacent to an activating group) is 1. The predicted molar refractivity (Wildman–Crippen MR) is 195 cm³/mol. The molecule has 48 heavy (non-hydrogen) atoms. The lowest BCUT2D eigenvalue weighted by atomic mass is 9.93. The van der Waals surface area contributed by atoms with E-state index in [2.05, 4.69) is 54.1 Å². The lowest BCUT2D eigenvalue weighted by Crippen LogP contribution is -2.29. The zero-order valence-corrected chi connectivity index (χ0v) is 28.5. The molecule has 1 amide bonds. The number of nitrogens with zero attached hydrogens (tertiary/aromatic N) is 5. The van der Waals surface area contributed by atoms with Crippen LogP contribution in [-0.4, -0.2) is 70.3 Å². The number of ether oxygens (including phenoxy) is 1. The topological polar surface area (TPSA) is 109 Å². The van der Waals surface area contributed by atoms with E-state index in [0.717, 1.165) is 81.8 Å². The number of methoxy groups -OCH3 is 1. The second-order valence-electron chi connectivity index (χ2n) is 13.1. The van der Waals surface area contributed by atoms with E-state index in [1.807, 2.05) is 72.3 Å². The molecule has 250 valence electrons. The zero-order chi connectivity index (χ0) is 33.6. The minimum absolute atomic E-state index is 0.151. The first-order valence-corrected chi connectivity index (χ1v) is 16.8. The Hall–Kier alpha value is -4.80. The summed E-state index contributed by atoms with van der Waals surface area (Å²) >= 11 is 0. The summed E-state index contributed by atoms with van der Waals surface area (Å²) in [5.74, 6) is 1.87. The van der Waals surface area contributed by atoms with Crippen LogP contribution in [0.15, 0.2) is 79.1 Å². The second-order valence-corrected chi connectivity index (χ2v) is 13.1. The van der Waals surface area contributed by atoms with Gasteiger partial charge in [0, 0.05) is 66.8 Å². The Morgan fingerprint density at radius 2 is 1.90 bits per heavy atom. The van der Waals surface area contributed by atoms with Gasteiger partial charge >= 0.3 is 0 Å². The minimum atomic E-state index is -0.151. The van der Waals surface area contributed by atoms with Crippen LogP contribution >= 0.6 is 0 Å². The largest absolute Gasteiger partial charge is 0.381 e. The summed E-state index contributed by atoms with van der Waals surface area (Å²) in [6.07, 6.45) is 11.7. The van der Waals surface area contributed by atoms with Gasteiger partial charge in [-0.3, -0.25) is 9.78 Å². The number of anilines is 3. The van der Waals surface area contributed by atoms with Crippen molar-refractivity contribution in [2.75, 3.05) is 43.7 Å². The van der Waals surface area contributed by atoms with E-state index in [0.29, 0.717) is 31.2 Å². The maximum absolute atomic E-state index is 12.5. The summed E-state index contributed by atoms with van der Waals surface area (Å²) in [6.45, 7) is 5.61. The summed E-state index contributed by atoms with van der Waals surface area (Å²) in [5, 5.41) is 17.1. The van der Waals surface area contributed by atoms with Crippen LogP contribution in [0.3, 0.4) is 0 Å². The van der Waals surface area contributed by atoms with Gasteiger partial charge in [-0.1, -0.05) is 50.3 Å². The number of amides is 1. The molecule has 0 saturated heterocycles. The molecule has 0 aliphatic heterocycles. The molecule has 0 unspecified atom stereocenters. The quantitative estimate of drug-likeness (QED) is 0.123. The van der Waals surface area contributed by atoms with Crippen molar-refractivity contribution in [3.05, 3.63) is 90.3 Å². The third kappa shape index (κ3) is 7.67. The Morgan fingerprint density at radius 3 is 2.67 bits per heavy atom. The van der Waals surface area contributed by atoms with E-state index in [1.165, 1.54) is 0 Å². The fourth-order valence-corrected chi connectivity index (χ4v) is 6.36. The van der Waals surface area contributed by atoms with E-state index >= 15 is 0 Å². The number of nitrogens with one attached hydrogen (secondary N) is 3. The molecule has 10 heteroatoms. The van der Waals surface area contributed by atoms with E-state index in [4.69, 9.17) is 19.8 Å². The molecule has 10 nitrogen and oxygen atoms in total. The van der Waals surface area contributed by atoms with Gasteiger partial charge in [0.05, 0.1) is 18.0 Å². The third-order valence-electron chi connectivity index (χ3n) is 8.98. The zero-order valence-electron chi connectivity index (χ0n) is 28.5. The average molecular weight is 647 g/mol. The highest BCUT2D eigenvalue weighted by molar-refractivity contribution is 6.02. The molecule has 1 fully saturated rings. The van der Waals surface area contributed by atoms with Gasteiger partial charge in [-0.15, -0.1) is 0 Å². The summed E-state index contributed by atoms with van der Waals surface area (Å²) < 4.78 is 7.50. The van der Waals surface area contributed by atoms with Crippen LogP contribution in [0.2, 0.25) is 0 Å². The van der Waals surface area contributed by atoms with Gasteiger partial charge in [0.2, 0.25) is 5.91 Å². The van der Waals surface area contributed by atoms with Crippen LogP contribution in [0.1, 0.15) is 56.6 Å². The lowest BCUT2D eigenvalue weighted by Gasteiger charge is -2.28. The van der Waals surface area contributed by atoms with Crippen molar-refractivity contribution in [2.24, 2.45) is 0 Å². The first kappa shape index (κ1) is 33.1. The van der Waals surface area contributed by atoms with Crippen LogP contribution in [0, 0.1) is 0 Å². The van der Waals surface area contributed by atoms with E-state index in [-0.39, 0.29) is 5.91 Å². The molecule has 6 rings (SSSR count). The van der Waals surface area contributed by atoms with Gasteiger partial charge < -0.3 is 25.6 Å². The lowest BCUT2D eigenvalue weighted by molar-refractivity contribution is -0.111. The van der Waals surface area contributed by atoms with Crippen LogP contribution in [-0.2, 0) is 16.1 Å². The SMILES string of the molecule is COC1CCC(Nc2cc(NCc3ccccc3-c3nccc4cc(NC(=O)/C=C/CN(C)C)ccc34)n3ncc(C(C)C)c3n2)CC1. The van der Waals surface area contributed by atoms with Crippen molar-refractivity contribution < 1.29 is 9.53 Å². The molecule has 0 radical (unpaired) electrons. The highest BCUT2D eigenvalue weighted by atomic mass is 16.5. The molecule has 0 bridgehead atoms. The monoisotopic (exact) mass is 646 g/mol. The van der Waals surface area contributed by atoms with Crippen molar-refractivity contribution >= 4 is 39.6 Å². The molecule has 3 aromatic heterocycles. The van der Waals surface area contributed by atoms with Crippen LogP contribution in [0.25, 0.3) is 27.7 Å². The standard InChI is InChI=1S/C38H46N8O2/c1-25(2)33-24-41-46-35(22-34(44-38(33)46)42-28-12-15-30(48-5)16-13-28)40-23-27-9-6-7-10-31(27)37-32-17-14-29(21-26(32)18-19-39-37)43-36(47)11-8-20-45(3)4/h6-11,14,17-19,21-22,24-25,28,30,40H,12-13,15-16,20,23H2,1-5H3,(H,42,44)(H,43,47)/b11-8+. The molecule has 0 atom stereocenters. The number of carbonyl (C=O) groups is 1. The molecule has 1 aliphatic carbocycles. The van der Waals surface area contributed by atoms with Crippen molar-refractivity contribution in [1.29, 1.82) is 0 Å². The number of rotatable bonds is 12. The maximum Gasteiger partial charge on any atom is 0.248 e. The molecule has 3 heterocycles. The van der Waals surface area contributed by atoms with Gasteiger partial charge in [0.1, 0.15) is 11.6 Å². The minimum Gasteiger partial charge on any atom is -0.381 e. The molecule has 0 spiro atoms. The molecular formula is C38H46N8O2. The summed E-state index contributed by atoms with van der Waals surface area (Å²) in [7, 11) is 5.74. The van der Waals surface area contributed by atoms with Gasteiger partial charge in [-0.2, -0.15) is 9.61 Å². The van der Waals surface area contributed by atoms with E-state index in [1.54, 1.807) is 13.2 Å². The molecule has 1 aliphatic rings. The number of aromatic nitrogens is 4.